The van der Waals surface area contributed by atoms with E-state index in [1.165, 1.54) is 18.6 Å². The van der Waals surface area contributed by atoms with Crippen molar-refractivity contribution >= 4 is 18.0 Å². The zero-order valence-corrected chi connectivity index (χ0v) is 19.0. The van der Waals surface area contributed by atoms with E-state index >= 15 is 0 Å². The molecule has 0 bridgehead atoms. The van der Waals surface area contributed by atoms with Gasteiger partial charge in [-0.2, -0.15) is 11.8 Å². The molecular weight excluding hydrogens is 362 g/mol. The van der Waals surface area contributed by atoms with Gasteiger partial charge in [0.2, 0.25) is 0 Å². The van der Waals surface area contributed by atoms with Crippen LogP contribution >= 0.6 is 11.8 Å². The molecule has 0 saturated heterocycles. The number of allylic oxidation sites excluding steroid dienone is 9. The Kier molecular flexibility index (Phi) is 31.4. The lowest BCUT2D eigenvalue weighted by atomic mass is 10.2. The SMILES string of the molecule is CC/C=C\C/C=C\C/C=C\CCSC/C=C\C/C=C\CCC=O.CCCCN. The highest BCUT2D eigenvalue weighted by Crippen LogP contribution is 2.04. The molecule has 0 unspecified atom stereocenters. The second kappa shape index (κ2) is 30.4. The van der Waals surface area contributed by atoms with Gasteiger partial charge in [0.1, 0.15) is 6.29 Å². The molecule has 0 atom stereocenters. The number of hydrogen-bond acceptors (Lipinski definition) is 3. The standard InChI is InChI=1S/C21H32OS.C4H11N/c1-2-3-4-5-6-7-8-11-14-17-20-23-21-18-15-12-9-10-13-16-19-22;1-2-3-4-5/h3-4,6-7,9-11,14-15,18-19H,2,5,8,12-13,16-17,20-21H2,1H3;2-5H2,1H3/b4-3-,7-6-,10-9-,14-11-,18-15-;. The molecule has 2 N–H and O–H groups in total. The lowest BCUT2D eigenvalue weighted by molar-refractivity contribution is -0.107. The highest BCUT2D eigenvalue weighted by molar-refractivity contribution is 7.99. The summed E-state index contributed by atoms with van der Waals surface area (Å²) in [6.45, 7) is 5.13. The second-order valence-corrected chi connectivity index (χ2v) is 7.37. The first-order valence-corrected chi connectivity index (χ1v) is 11.9. The van der Waals surface area contributed by atoms with Crippen LogP contribution in [-0.4, -0.2) is 24.3 Å². The second-order valence-electron chi connectivity index (χ2n) is 6.22. The quantitative estimate of drug-likeness (QED) is 0.158. The molecule has 0 aliphatic carbocycles. The summed E-state index contributed by atoms with van der Waals surface area (Å²) in [5.41, 5.74) is 5.14. The lowest BCUT2D eigenvalue weighted by Gasteiger charge is -1.93. The van der Waals surface area contributed by atoms with Crippen molar-refractivity contribution in [2.45, 2.75) is 71.6 Å². The smallest absolute Gasteiger partial charge is 0.120 e. The molecule has 0 spiro atoms. The fraction of sp³-hybridized carbons (Fsp3) is 0.560. The van der Waals surface area contributed by atoms with Crippen LogP contribution < -0.4 is 5.73 Å². The van der Waals surface area contributed by atoms with E-state index in [1.807, 2.05) is 11.8 Å². The fourth-order valence-corrected chi connectivity index (χ4v) is 2.70. The summed E-state index contributed by atoms with van der Waals surface area (Å²) in [5.74, 6) is 2.26. The first-order valence-electron chi connectivity index (χ1n) is 10.8. The number of thioether (sulfide) groups is 1. The van der Waals surface area contributed by atoms with Crippen LogP contribution in [0.1, 0.15) is 71.6 Å². The molecule has 0 heterocycles. The molecule has 3 heteroatoms. The molecule has 28 heavy (non-hydrogen) atoms. The van der Waals surface area contributed by atoms with Crippen LogP contribution in [0.25, 0.3) is 0 Å². The first-order chi connectivity index (χ1) is 13.8. The Bertz CT molecular complexity index is 434. The van der Waals surface area contributed by atoms with Gasteiger partial charge in [0.15, 0.2) is 0 Å². The summed E-state index contributed by atoms with van der Waals surface area (Å²) in [6, 6.07) is 0. The lowest BCUT2D eigenvalue weighted by Crippen LogP contribution is -1.95. The number of carbonyl (C=O) groups is 1. The van der Waals surface area contributed by atoms with Gasteiger partial charge >= 0.3 is 0 Å². The maximum absolute atomic E-state index is 10.1. The van der Waals surface area contributed by atoms with E-state index in [1.54, 1.807) is 0 Å². The molecule has 0 radical (unpaired) electrons. The maximum Gasteiger partial charge on any atom is 0.120 e. The van der Waals surface area contributed by atoms with Crippen LogP contribution in [0.5, 0.6) is 0 Å². The van der Waals surface area contributed by atoms with E-state index < -0.39 is 0 Å². The molecule has 2 nitrogen and oxygen atoms in total. The minimum atomic E-state index is 0.634. The predicted octanol–water partition coefficient (Wildman–Crippen LogP) is 7.20. The Hall–Kier alpha value is -1.32. The topological polar surface area (TPSA) is 43.1 Å². The summed E-state index contributed by atoms with van der Waals surface area (Å²) in [6.07, 6.45) is 32.2. The minimum Gasteiger partial charge on any atom is -0.330 e. The van der Waals surface area contributed by atoms with E-state index in [-0.39, 0.29) is 0 Å². The molecule has 0 amide bonds. The third kappa shape index (κ3) is 32.4. The molecule has 0 aliphatic heterocycles. The molecule has 0 aromatic carbocycles. The third-order valence-electron chi connectivity index (χ3n) is 3.54. The summed E-state index contributed by atoms with van der Waals surface area (Å²) in [7, 11) is 0. The normalized spacial score (nSPS) is 12.0. The number of carbonyl (C=O) groups excluding carboxylic acids is 1. The van der Waals surface area contributed by atoms with Crippen molar-refractivity contribution in [3.8, 4) is 0 Å². The molecule has 0 aliphatic rings. The van der Waals surface area contributed by atoms with Gasteiger partial charge in [-0.05, 0) is 57.2 Å². The van der Waals surface area contributed by atoms with Gasteiger partial charge in [-0.15, -0.1) is 0 Å². The van der Waals surface area contributed by atoms with Gasteiger partial charge in [-0.3, -0.25) is 0 Å². The van der Waals surface area contributed by atoms with Crippen molar-refractivity contribution in [2.24, 2.45) is 5.73 Å². The number of unbranched alkanes of at least 4 members (excludes halogenated alkanes) is 2. The van der Waals surface area contributed by atoms with Crippen LogP contribution in [0.4, 0.5) is 0 Å². The van der Waals surface area contributed by atoms with Gasteiger partial charge in [0.25, 0.3) is 0 Å². The maximum atomic E-state index is 10.1. The summed E-state index contributed by atoms with van der Waals surface area (Å²) < 4.78 is 0. The van der Waals surface area contributed by atoms with Crippen molar-refractivity contribution in [2.75, 3.05) is 18.1 Å². The van der Waals surface area contributed by atoms with E-state index in [9.17, 15) is 4.79 Å². The third-order valence-corrected chi connectivity index (χ3v) is 4.49. The molecule has 0 fully saturated rings. The van der Waals surface area contributed by atoms with Crippen LogP contribution in [0, 0.1) is 0 Å². The van der Waals surface area contributed by atoms with Gasteiger partial charge in [-0.25, -0.2) is 0 Å². The fourth-order valence-electron chi connectivity index (χ4n) is 1.95. The van der Waals surface area contributed by atoms with E-state index in [2.05, 4.69) is 74.6 Å². The van der Waals surface area contributed by atoms with Crippen molar-refractivity contribution in [3.05, 3.63) is 60.8 Å². The Morgan fingerprint density at radius 2 is 1.29 bits per heavy atom. The van der Waals surface area contributed by atoms with Crippen molar-refractivity contribution < 1.29 is 4.79 Å². The number of aldehydes is 1. The van der Waals surface area contributed by atoms with E-state index in [4.69, 9.17) is 5.73 Å². The molecule has 160 valence electrons. The Labute approximate surface area is 179 Å². The zero-order valence-electron chi connectivity index (χ0n) is 18.2. The van der Waals surface area contributed by atoms with E-state index in [0.29, 0.717) is 6.42 Å². The van der Waals surface area contributed by atoms with Gasteiger partial charge in [0.05, 0.1) is 0 Å². The zero-order chi connectivity index (χ0) is 21.0. The average Bonchev–Trinajstić information content (AvgIpc) is 2.71. The van der Waals surface area contributed by atoms with Crippen molar-refractivity contribution in [1.29, 1.82) is 0 Å². The molecule has 0 saturated carbocycles. The van der Waals surface area contributed by atoms with Crippen molar-refractivity contribution in [3.63, 3.8) is 0 Å². The monoisotopic (exact) mass is 405 g/mol. The molecule has 0 aromatic heterocycles. The number of hydrogen-bond donors (Lipinski definition) is 1. The van der Waals surface area contributed by atoms with Gasteiger partial charge in [0, 0.05) is 12.2 Å². The molecular formula is C25H43NOS. The van der Waals surface area contributed by atoms with E-state index in [0.717, 1.165) is 57.1 Å². The Morgan fingerprint density at radius 1 is 0.714 bits per heavy atom. The van der Waals surface area contributed by atoms with Crippen LogP contribution in [0.2, 0.25) is 0 Å². The van der Waals surface area contributed by atoms with Crippen molar-refractivity contribution in [1.82, 2.24) is 0 Å². The van der Waals surface area contributed by atoms with Gasteiger partial charge < -0.3 is 10.5 Å². The number of rotatable bonds is 17. The van der Waals surface area contributed by atoms with Crippen LogP contribution in [-0.2, 0) is 4.79 Å². The van der Waals surface area contributed by atoms with Crippen LogP contribution in [0.3, 0.4) is 0 Å². The summed E-state index contributed by atoms with van der Waals surface area (Å²) >= 11 is 1.97. The number of nitrogens with two attached hydrogens (primary N) is 1. The minimum absolute atomic E-state index is 0.634. The molecule has 0 rings (SSSR count). The Morgan fingerprint density at radius 3 is 1.82 bits per heavy atom. The van der Waals surface area contributed by atoms with Crippen LogP contribution in [0.15, 0.2) is 60.8 Å². The highest BCUT2D eigenvalue weighted by atomic mass is 32.2. The Balaban J connectivity index is 0. The first kappa shape index (κ1) is 28.9. The highest BCUT2D eigenvalue weighted by Gasteiger charge is 1.83. The molecule has 0 aromatic rings. The largest absolute Gasteiger partial charge is 0.330 e. The summed E-state index contributed by atoms with van der Waals surface area (Å²) in [5, 5.41) is 0. The predicted molar refractivity (Wildman–Crippen MR) is 131 cm³/mol. The summed E-state index contributed by atoms with van der Waals surface area (Å²) in [4.78, 5) is 10.1. The van der Waals surface area contributed by atoms with Gasteiger partial charge in [-0.1, -0.05) is 81.0 Å². The average molecular weight is 406 g/mol.